The molecule has 1 aromatic heterocycles. The molecule has 104 valence electrons. The van der Waals surface area contributed by atoms with Gasteiger partial charge in [0, 0.05) is 12.5 Å². The van der Waals surface area contributed by atoms with Crippen LogP contribution >= 0.6 is 0 Å². The van der Waals surface area contributed by atoms with Crippen LogP contribution in [0.3, 0.4) is 0 Å². The summed E-state index contributed by atoms with van der Waals surface area (Å²) < 4.78 is 24.3. The molecule has 1 heterocycles. The molecule has 0 N–H and O–H groups in total. The molecule has 0 amide bonds. The lowest BCUT2D eigenvalue weighted by molar-refractivity contribution is 0.285. The molecule has 1 aromatic carbocycles. The number of rotatable bonds is 5. The summed E-state index contributed by atoms with van der Waals surface area (Å²) in [5.41, 5.74) is 1.76. The SMILES string of the molecule is Cc1cc(CCCOc2c(C)cc(C#N)cc2F)on1. The predicted molar refractivity (Wildman–Crippen MR) is 70.9 cm³/mol. The molecule has 0 fully saturated rings. The normalized spacial score (nSPS) is 10.3. The van der Waals surface area contributed by atoms with E-state index in [1.807, 2.05) is 19.1 Å². The number of hydrogen-bond acceptors (Lipinski definition) is 4. The summed E-state index contributed by atoms with van der Waals surface area (Å²) >= 11 is 0. The minimum atomic E-state index is -0.503. The maximum Gasteiger partial charge on any atom is 0.166 e. The first kappa shape index (κ1) is 14.1. The quantitative estimate of drug-likeness (QED) is 0.785. The number of aromatic nitrogens is 1. The van der Waals surface area contributed by atoms with E-state index in [2.05, 4.69) is 5.16 Å². The molecule has 0 radical (unpaired) electrons. The van der Waals surface area contributed by atoms with Crippen molar-refractivity contribution in [1.29, 1.82) is 5.26 Å². The third-order valence-electron chi connectivity index (χ3n) is 2.85. The van der Waals surface area contributed by atoms with Crippen LogP contribution in [0.4, 0.5) is 4.39 Å². The number of nitrogens with zero attached hydrogens (tertiary/aromatic N) is 2. The van der Waals surface area contributed by atoms with Crippen LogP contribution in [0.5, 0.6) is 5.75 Å². The first-order chi connectivity index (χ1) is 9.60. The van der Waals surface area contributed by atoms with Gasteiger partial charge in [0.2, 0.25) is 0 Å². The maximum absolute atomic E-state index is 13.7. The lowest BCUT2D eigenvalue weighted by Gasteiger charge is -2.10. The van der Waals surface area contributed by atoms with Crippen molar-refractivity contribution < 1.29 is 13.7 Å². The highest BCUT2D eigenvalue weighted by Crippen LogP contribution is 2.24. The summed E-state index contributed by atoms with van der Waals surface area (Å²) in [6, 6.07) is 6.57. The maximum atomic E-state index is 13.7. The fourth-order valence-electron chi connectivity index (χ4n) is 1.93. The second-order valence-electron chi connectivity index (χ2n) is 4.60. The molecule has 0 aliphatic heterocycles. The number of ether oxygens (including phenoxy) is 1. The van der Waals surface area contributed by atoms with Crippen molar-refractivity contribution in [1.82, 2.24) is 5.16 Å². The van der Waals surface area contributed by atoms with Crippen LogP contribution in [-0.2, 0) is 6.42 Å². The van der Waals surface area contributed by atoms with E-state index in [9.17, 15) is 4.39 Å². The molecule has 0 saturated carbocycles. The molecule has 4 nitrogen and oxygen atoms in total. The van der Waals surface area contributed by atoms with Crippen molar-refractivity contribution in [2.24, 2.45) is 0 Å². The molecule has 0 spiro atoms. The third-order valence-corrected chi connectivity index (χ3v) is 2.85. The number of halogens is 1. The lowest BCUT2D eigenvalue weighted by atomic mass is 10.1. The zero-order valence-electron chi connectivity index (χ0n) is 11.4. The minimum Gasteiger partial charge on any atom is -0.490 e. The molecule has 0 saturated heterocycles. The Morgan fingerprint density at radius 3 is 2.75 bits per heavy atom. The number of nitriles is 1. The van der Waals surface area contributed by atoms with Gasteiger partial charge in [-0.15, -0.1) is 0 Å². The highest BCUT2D eigenvalue weighted by molar-refractivity contribution is 5.42. The summed E-state index contributed by atoms with van der Waals surface area (Å²) in [6.07, 6.45) is 1.39. The Bertz CT molecular complexity index is 621. The Kier molecular flexibility index (Phi) is 4.36. The molecular weight excluding hydrogens is 259 g/mol. The summed E-state index contributed by atoms with van der Waals surface area (Å²) in [4.78, 5) is 0. The van der Waals surface area contributed by atoms with Crippen molar-refractivity contribution in [2.45, 2.75) is 26.7 Å². The van der Waals surface area contributed by atoms with E-state index >= 15 is 0 Å². The van der Waals surface area contributed by atoms with Crippen molar-refractivity contribution in [3.63, 3.8) is 0 Å². The Labute approximate surface area is 116 Å². The zero-order valence-corrected chi connectivity index (χ0v) is 11.4. The zero-order chi connectivity index (χ0) is 14.5. The summed E-state index contributed by atoms with van der Waals surface area (Å²) in [5, 5.41) is 12.5. The fraction of sp³-hybridized carbons (Fsp3) is 0.333. The van der Waals surface area contributed by atoms with Crippen LogP contribution in [0.2, 0.25) is 0 Å². The van der Waals surface area contributed by atoms with Crippen molar-refractivity contribution in [2.75, 3.05) is 6.61 Å². The summed E-state index contributed by atoms with van der Waals surface area (Å²) in [6.45, 7) is 3.96. The number of benzene rings is 1. The van der Waals surface area contributed by atoms with Crippen LogP contribution in [0.25, 0.3) is 0 Å². The van der Waals surface area contributed by atoms with Crippen LogP contribution in [-0.4, -0.2) is 11.8 Å². The van der Waals surface area contributed by atoms with E-state index in [1.165, 1.54) is 6.07 Å². The smallest absolute Gasteiger partial charge is 0.166 e. The van der Waals surface area contributed by atoms with Crippen molar-refractivity contribution in [3.8, 4) is 11.8 Å². The average Bonchev–Trinajstić information content (AvgIpc) is 2.82. The van der Waals surface area contributed by atoms with Gasteiger partial charge in [0.1, 0.15) is 5.76 Å². The second-order valence-corrected chi connectivity index (χ2v) is 4.60. The van der Waals surface area contributed by atoms with E-state index in [0.29, 0.717) is 30.6 Å². The highest BCUT2D eigenvalue weighted by atomic mass is 19.1. The molecule has 0 aliphatic carbocycles. The molecule has 0 unspecified atom stereocenters. The summed E-state index contributed by atoms with van der Waals surface area (Å²) in [5.74, 6) is 0.498. The van der Waals surface area contributed by atoms with Gasteiger partial charge in [0.15, 0.2) is 11.6 Å². The van der Waals surface area contributed by atoms with Gasteiger partial charge < -0.3 is 9.26 Å². The van der Waals surface area contributed by atoms with Gasteiger partial charge in [-0.25, -0.2) is 4.39 Å². The van der Waals surface area contributed by atoms with Crippen LogP contribution in [0, 0.1) is 31.0 Å². The Morgan fingerprint density at radius 1 is 1.35 bits per heavy atom. The van der Waals surface area contributed by atoms with Gasteiger partial charge >= 0.3 is 0 Å². The van der Waals surface area contributed by atoms with Crippen LogP contribution in [0.1, 0.15) is 29.0 Å². The van der Waals surface area contributed by atoms with Gasteiger partial charge in [-0.05, 0) is 38.0 Å². The highest BCUT2D eigenvalue weighted by Gasteiger charge is 2.09. The summed E-state index contributed by atoms with van der Waals surface area (Å²) in [7, 11) is 0. The second kappa shape index (κ2) is 6.20. The van der Waals surface area contributed by atoms with Gasteiger partial charge in [0.25, 0.3) is 0 Å². The van der Waals surface area contributed by atoms with E-state index < -0.39 is 5.82 Å². The van der Waals surface area contributed by atoms with Gasteiger partial charge in [-0.2, -0.15) is 5.26 Å². The molecular formula is C15H15FN2O2. The van der Waals surface area contributed by atoms with Gasteiger partial charge in [-0.1, -0.05) is 5.16 Å². The Morgan fingerprint density at radius 2 is 2.15 bits per heavy atom. The average molecular weight is 274 g/mol. The molecule has 2 rings (SSSR count). The molecule has 20 heavy (non-hydrogen) atoms. The lowest BCUT2D eigenvalue weighted by Crippen LogP contribution is -2.02. The molecule has 5 heteroatoms. The van der Waals surface area contributed by atoms with Crippen LogP contribution < -0.4 is 4.74 Å². The Balaban J connectivity index is 1.90. The first-order valence-corrected chi connectivity index (χ1v) is 6.35. The molecule has 0 bridgehead atoms. The monoisotopic (exact) mass is 274 g/mol. The van der Waals surface area contributed by atoms with E-state index in [0.717, 1.165) is 11.5 Å². The number of aryl methyl sites for hydroxylation is 3. The third kappa shape index (κ3) is 3.35. The van der Waals surface area contributed by atoms with Crippen LogP contribution in [0.15, 0.2) is 22.7 Å². The largest absolute Gasteiger partial charge is 0.490 e. The first-order valence-electron chi connectivity index (χ1n) is 6.35. The van der Waals surface area contributed by atoms with Crippen molar-refractivity contribution in [3.05, 3.63) is 46.6 Å². The standard InChI is InChI=1S/C15H15FN2O2/c1-10-6-12(9-17)8-14(16)15(10)19-5-3-4-13-7-11(2)18-20-13/h6-8H,3-5H2,1-2H3. The Hall–Kier alpha value is -2.35. The fourth-order valence-corrected chi connectivity index (χ4v) is 1.93. The topological polar surface area (TPSA) is 59.0 Å². The van der Waals surface area contributed by atoms with Gasteiger partial charge in [-0.3, -0.25) is 0 Å². The van der Waals surface area contributed by atoms with Crippen molar-refractivity contribution >= 4 is 0 Å². The van der Waals surface area contributed by atoms with E-state index in [-0.39, 0.29) is 5.75 Å². The van der Waals surface area contributed by atoms with E-state index in [4.69, 9.17) is 14.5 Å². The minimum absolute atomic E-state index is 0.206. The molecule has 0 aliphatic rings. The molecule has 2 aromatic rings. The predicted octanol–water partition coefficient (Wildman–Crippen LogP) is 3.31. The molecule has 0 atom stereocenters. The van der Waals surface area contributed by atoms with Gasteiger partial charge in [0.05, 0.1) is 23.9 Å². The van der Waals surface area contributed by atoms with E-state index in [1.54, 1.807) is 13.0 Å². The number of hydrogen-bond donors (Lipinski definition) is 0.